The standard InChI is InChI=1S/C29H34N4O3/c1-31(2)29(35)26-20-32(24-14-16-25(36-3)17-15-24)18-19-33(26)21-27(34)30-28(22-10-6-4-7-11-22)23-12-8-5-9-13-23/h4-17,26,28H,18-21H2,1-3H3,(H,30,34). The maximum absolute atomic E-state index is 13.3. The lowest BCUT2D eigenvalue weighted by Gasteiger charge is -2.42. The molecule has 1 saturated heterocycles. The summed E-state index contributed by atoms with van der Waals surface area (Å²) in [5.41, 5.74) is 3.06. The summed E-state index contributed by atoms with van der Waals surface area (Å²) < 4.78 is 5.27. The van der Waals surface area contributed by atoms with Gasteiger partial charge in [0.05, 0.1) is 19.7 Å². The molecule has 1 N–H and O–H groups in total. The Morgan fingerprint density at radius 3 is 2.03 bits per heavy atom. The van der Waals surface area contributed by atoms with Crippen LogP contribution in [0.1, 0.15) is 17.2 Å². The van der Waals surface area contributed by atoms with Gasteiger partial charge in [-0.05, 0) is 35.4 Å². The molecule has 1 heterocycles. The predicted octanol–water partition coefficient (Wildman–Crippen LogP) is 3.18. The first-order valence-electron chi connectivity index (χ1n) is 12.2. The van der Waals surface area contributed by atoms with Crippen LogP contribution in [0.5, 0.6) is 5.75 Å². The number of nitrogens with zero attached hydrogens (tertiary/aromatic N) is 3. The van der Waals surface area contributed by atoms with Crippen LogP contribution in [0.15, 0.2) is 84.9 Å². The van der Waals surface area contributed by atoms with Gasteiger partial charge in [-0.3, -0.25) is 14.5 Å². The Bertz CT molecular complexity index is 1100. The van der Waals surface area contributed by atoms with Crippen molar-refractivity contribution in [2.45, 2.75) is 12.1 Å². The summed E-state index contributed by atoms with van der Waals surface area (Å²) in [6.45, 7) is 1.98. The fourth-order valence-electron chi connectivity index (χ4n) is 4.61. The molecule has 1 aliphatic heterocycles. The van der Waals surface area contributed by atoms with Gasteiger partial charge in [0.1, 0.15) is 11.8 Å². The highest BCUT2D eigenvalue weighted by molar-refractivity contribution is 5.84. The lowest BCUT2D eigenvalue weighted by atomic mass is 9.98. The first-order chi connectivity index (χ1) is 17.5. The van der Waals surface area contributed by atoms with Crippen LogP contribution in [0.3, 0.4) is 0 Å². The Morgan fingerprint density at radius 1 is 0.917 bits per heavy atom. The molecular formula is C29H34N4O3. The second-order valence-electron chi connectivity index (χ2n) is 9.18. The van der Waals surface area contributed by atoms with E-state index in [0.29, 0.717) is 13.1 Å². The third-order valence-electron chi connectivity index (χ3n) is 6.57. The highest BCUT2D eigenvalue weighted by Crippen LogP contribution is 2.24. The fourth-order valence-corrected chi connectivity index (χ4v) is 4.61. The number of piperazine rings is 1. The molecule has 188 valence electrons. The van der Waals surface area contributed by atoms with Crippen molar-refractivity contribution in [2.75, 3.05) is 52.3 Å². The van der Waals surface area contributed by atoms with Gasteiger partial charge in [0.2, 0.25) is 11.8 Å². The smallest absolute Gasteiger partial charge is 0.241 e. The summed E-state index contributed by atoms with van der Waals surface area (Å²) >= 11 is 0. The first-order valence-corrected chi connectivity index (χ1v) is 12.2. The summed E-state index contributed by atoms with van der Waals surface area (Å²) in [5, 5.41) is 3.21. The van der Waals surface area contributed by atoms with E-state index in [2.05, 4.69) is 10.2 Å². The third kappa shape index (κ3) is 6.04. The maximum Gasteiger partial charge on any atom is 0.241 e. The minimum absolute atomic E-state index is 0.0105. The van der Waals surface area contributed by atoms with Crippen LogP contribution in [-0.2, 0) is 9.59 Å². The van der Waals surface area contributed by atoms with E-state index in [1.165, 1.54) is 0 Å². The average Bonchev–Trinajstić information content (AvgIpc) is 2.92. The van der Waals surface area contributed by atoms with Crippen molar-refractivity contribution in [1.82, 2.24) is 15.1 Å². The lowest BCUT2D eigenvalue weighted by molar-refractivity contribution is -0.136. The SMILES string of the molecule is COc1ccc(N2CCN(CC(=O)NC(c3ccccc3)c3ccccc3)C(C(=O)N(C)C)C2)cc1. The van der Waals surface area contributed by atoms with Crippen molar-refractivity contribution < 1.29 is 14.3 Å². The van der Waals surface area contributed by atoms with Gasteiger partial charge in [0, 0.05) is 39.4 Å². The topological polar surface area (TPSA) is 65.1 Å². The normalized spacial score (nSPS) is 16.0. The monoisotopic (exact) mass is 486 g/mol. The summed E-state index contributed by atoms with van der Waals surface area (Å²) in [6.07, 6.45) is 0. The van der Waals surface area contributed by atoms with Crippen LogP contribution >= 0.6 is 0 Å². The van der Waals surface area contributed by atoms with Crippen molar-refractivity contribution in [2.24, 2.45) is 0 Å². The molecule has 1 atom stereocenters. The van der Waals surface area contributed by atoms with E-state index in [4.69, 9.17) is 4.74 Å². The molecular weight excluding hydrogens is 452 g/mol. The van der Waals surface area contributed by atoms with Gasteiger partial charge in [-0.1, -0.05) is 60.7 Å². The third-order valence-corrected chi connectivity index (χ3v) is 6.57. The molecule has 2 amide bonds. The van der Waals surface area contributed by atoms with Crippen LogP contribution in [0.4, 0.5) is 5.69 Å². The minimum atomic E-state index is -0.423. The molecule has 1 fully saturated rings. The number of anilines is 1. The Balaban J connectivity index is 1.49. The number of hydrogen-bond acceptors (Lipinski definition) is 5. The van der Waals surface area contributed by atoms with E-state index in [0.717, 1.165) is 29.1 Å². The largest absolute Gasteiger partial charge is 0.497 e. The molecule has 3 aromatic carbocycles. The van der Waals surface area contributed by atoms with Gasteiger partial charge in [-0.15, -0.1) is 0 Å². The van der Waals surface area contributed by atoms with Gasteiger partial charge in [-0.2, -0.15) is 0 Å². The van der Waals surface area contributed by atoms with Gasteiger partial charge < -0.3 is 19.9 Å². The molecule has 0 aromatic heterocycles. The van der Waals surface area contributed by atoms with Crippen LogP contribution in [-0.4, -0.2) is 75.0 Å². The molecule has 3 aromatic rings. The van der Waals surface area contributed by atoms with E-state index < -0.39 is 6.04 Å². The second kappa shape index (κ2) is 11.7. The number of carbonyl (C=O) groups is 2. The van der Waals surface area contributed by atoms with E-state index in [1.54, 1.807) is 26.1 Å². The zero-order valence-electron chi connectivity index (χ0n) is 21.1. The van der Waals surface area contributed by atoms with Crippen LogP contribution in [0.25, 0.3) is 0 Å². The number of rotatable bonds is 8. The van der Waals surface area contributed by atoms with E-state index in [-0.39, 0.29) is 24.4 Å². The number of methoxy groups -OCH3 is 1. The molecule has 0 aliphatic carbocycles. The molecule has 0 bridgehead atoms. The van der Waals surface area contributed by atoms with Crippen molar-refractivity contribution in [3.63, 3.8) is 0 Å². The van der Waals surface area contributed by atoms with Crippen LogP contribution in [0.2, 0.25) is 0 Å². The highest BCUT2D eigenvalue weighted by atomic mass is 16.5. The summed E-state index contributed by atoms with van der Waals surface area (Å²) in [5.74, 6) is 0.673. The Hall–Kier alpha value is -3.84. The van der Waals surface area contributed by atoms with Crippen molar-refractivity contribution in [3.8, 4) is 5.75 Å². The maximum atomic E-state index is 13.3. The Kier molecular flexibility index (Phi) is 8.23. The number of nitrogens with one attached hydrogen (secondary N) is 1. The Morgan fingerprint density at radius 2 is 1.50 bits per heavy atom. The number of carbonyl (C=O) groups excluding carboxylic acids is 2. The molecule has 1 aliphatic rings. The number of ether oxygens (including phenoxy) is 1. The molecule has 0 spiro atoms. The zero-order valence-corrected chi connectivity index (χ0v) is 21.1. The van der Waals surface area contributed by atoms with Gasteiger partial charge in [0.15, 0.2) is 0 Å². The van der Waals surface area contributed by atoms with Gasteiger partial charge in [0.25, 0.3) is 0 Å². The molecule has 36 heavy (non-hydrogen) atoms. The first kappa shape index (κ1) is 25.3. The van der Waals surface area contributed by atoms with Crippen molar-refractivity contribution in [1.29, 1.82) is 0 Å². The molecule has 0 saturated carbocycles. The van der Waals surface area contributed by atoms with Gasteiger partial charge >= 0.3 is 0 Å². The van der Waals surface area contributed by atoms with Crippen molar-refractivity contribution >= 4 is 17.5 Å². The molecule has 4 rings (SSSR count). The Labute approximate surface area is 213 Å². The molecule has 7 heteroatoms. The number of benzene rings is 3. The van der Waals surface area contributed by atoms with Gasteiger partial charge in [-0.25, -0.2) is 0 Å². The van der Waals surface area contributed by atoms with E-state index >= 15 is 0 Å². The number of likely N-dealkylation sites (N-methyl/N-ethyl adjacent to an activating group) is 1. The van der Waals surface area contributed by atoms with E-state index in [1.807, 2.05) is 89.8 Å². The lowest BCUT2D eigenvalue weighted by Crippen LogP contribution is -2.60. The predicted molar refractivity (Wildman–Crippen MR) is 142 cm³/mol. The number of hydrogen-bond donors (Lipinski definition) is 1. The quantitative estimate of drug-likeness (QED) is 0.530. The fraction of sp³-hybridized carbons (Fsp3) is 0.310. The molecule has 0 radical (unpaired) electrons. The van der Waals surface area contributed by atoms with Crippen LogP contribution in [0, 0.1) is 0 Å². The highest BCUT2D eigenvalue weighted by Gasteiger charge is 2.35. The number of amides is 2. The summed E-state index contributed by atoms with van der Waals surface area (Å²) in [7, 11) is 5.16. The zero-order chi connectivity index (χ0) is 25.5. The summed E-state index contributed by atoms with van der Waals surface area (Å²) in [4.78, 5) is 32.2. The van der Waals surface area contributed by atoms with E-state index in [9.17, 15) is 9.59 Å². The minimum Gasteiger partial charge on any atom is -0.497 e. The second-order valence-corrected chi connectivity index (χ2v) is 9.18. The van der Waals surface area contributed by atoms with Crippen molar-refractivity contribution in [3.05, 3.63) is 96.1 Å². The molecule has 7 nitrogen and oxygen atoms in total. The summed E-state index contributed by atoms with van der Waals surface area (Å²) in [6, 6.07) is 27.1. The average molecular weight is 487 g/mol. The van der Waals surface area contributed by atoms with Crippen LogP contribution < -0.4 is 15.0 Å². The molecule has 1 unspecified atom stereocenters.